The molecule has 0 amide bonds. The summed E-state index contributed by atoms with van der Waals surface area (Å²) in [5.41, 5.74) is 0. The highest BCUT2D eigenvalue weighted by molar-refractivity contribution is 7.99. The predicted molar refractivity (Wildman–Crippen MR) is 55.5 cm³/mol. The lowest BCUT2D eigenvalue weighted by molar-refractivity contribution is 0.176. The summed E-state index contributed by atoms with van der Waals surface area (Å²) >= 11 is 0.924. The van der Waals surface area contributed by atoms with Crippen LogP contribution >= 0.6 is 11.8 Å². The molecule has 2 N–H and O–H groups in total. The largest absolute Gasteiger partial charge is 0.336 e. The average molecular weight is 236 g/mol. The molecule has 1 rings (SSSR count). The minimum atomic E-state index is -2.36. The van der Waals surface area contributed by atoms with E-state index >= 15 is 0 Å². The van der Waals surface area contributed by atoms with Crippen LogP contribution in [0.15, 0.2) is 5.16 Å². The highest BCUT2D eigenvalue weighted by atomic mass is 32.2. The number of nitrogens with zero attached hydrogens (tertiary/aromatic N) is 3. The van der Waals surface area contributed by atoms with Gasteiger partial charge >= 0.3 is 0 Å². The molecule has 0 bridgehead atoms. The van der Waals surface area contributed by atoms with Crippen LogP contribution in [0.2, 0.25) is 0 Å². The lowest BCUT2D eigenvalue weighted by Gasteiger charge is -2.02. The number of aromatic nitrogens is 3. The first kappa shape index (κ1) is 12.2. The normalized spacial score (nSPS) is 11.2. The predicted octanol–water partition coefficient (Wildman–Crippen LogP) is 1.69. The molecule has 0 aliphatic rings. The van der Waals surface area contributed by atoms with Crippen LogP contribution in [0.4, 0.5) is 8.78 Å². The zero-order valence-electron chi connectivity index (χ0n) is 8.49. The standard InChI is InChI=1S/C8H14F2N4S/c1-2-3-4-7-12-13-8(14(7)11)15-5-6(9)10/h6H,2-5,11H2,1H3. The van der Waals surface area contributed by atoms with Crippen molar-refractivity contribution < 1.29 is 8.78 Å². The maximum absolute atomic E-state index is 11.9. The number of alkyl halides is 2. The molecule has 0 saturated heterocycles. The second-order valence-corrected chi connectivity index (χ2v) is 4.06. The summed E-state index contributed by atoms with van der Waals surface area (Å²) in [6.07, 6.45) is 0.377. The number of nitrogen functional groups attached to an aromatic ring is 1. The number of nitrogens with two attached hydrogens (primary N) is 1. The summed E-state index contributed by atoms with van der Waals surface area (Å²) in [6.45, 7) is 2.06. The highest BCUT2D eigenvalue weighted by Crippen LogP contribution is 2.17. The number of halogens is 2. The van der Waals surface area contributed by atoms with Crippen molar-refractivity contribution in [2.75, 3.05) is 11.6 Å². The van der Waals surface area contributed by atoms with E-state index in [0.717, 1.165) is 31.0 Å². The van der Waals surface area contributed by atoms with Gasteiger partial charge in [-0.2, -0.15) is 0 Å². The summed E-state index contributed by atoms with van der Waals surface area (Å²) in [5, 5.41) is 7.96. The van der Waals surface area contributed by atoms with E-state index in [2.05, 4.69) is 17.1 Å². The third-order valence-corrected chi connectivity index (χ3v) is 2.78. The minimum absolute atomic E-state index is 0.302. The molecule has 0 radical (unpaired) electrons. The number of aryl methyl sites for hydroxylation is 1. The Kier molecular flexibility index (Phi) is 4.80. The Labute approximate surface area is 91.2 Å². The van der Waals surface area contributed by atoms with Crippen molar-refractivity contribution in [3.63, 3.8) is 0 Å². The molecule has 1 aromatic rings. The summed E-state index contributed by atoms with van der Waals surface area (Å²) in [6, 6.07) is 0. The molecule has 1 heterocycles. The van der Waals surface area contributed by atoms with Gasteiger partial charge < -0.3 is 5.84 Å². The molecule has 0 aromatic carbocycles. The van der Waals surface area contributed by atoms with Gasteiger partial charge in [0.2, 0.25) is 11.6 Å². The fraction of sp³-hybridized carbons (Fsp3) is 0.750. The lowest BCUT2D eigenvalue weighted by Crippen LogP contribution is -2.14. The zero-order chi connectivity index (χ0) is 11.3. The fourth-order valence-corrected chi connectivity index (χ4v) is 1.67. The number of unbranched alkanes of at least 4 members (excludes halogenated alkanes) is 1. The highest BCUT2D eigenvalue weighted by Gasteiger charge is 2.12. The van der Waals surface area contributed by atoms with Crippen LogP contribution in [-0.2, 0) is 6.42 Å². The molecule has 0 saturated carbocycles. The van der Waals surface area contributed by atoms with Crippen LogP contribution in [0.5, 0.6) is 0 Å². The summed E-state index contributed by atoms with van der Waals surface area (Å²) in [4.78, 5) is 0. The summed E-state index contributed by atoms with van der Waals surface area (Å²) in [5.74, 6) is 6.00. The Morgan fingerprint density at radius 3 is 2.80 bits per heavy atom. The Bertz CT molecular complexity index is 303. The number of hydrogen-bond acceptors (Lipinski definition) is 4. The molecule has 0 aliphatic carbocycles. The van der Waals surface area contributed by atoms with Gasteiger partial charge in [0.1, 0.15) is 0 Å². The smallest absolute Gasteiger partial charge is 0.248 e. The van der Waals surface area contributed by atoms with E-state index < -0.39 is 6.43 Å². The van der Waals surface area contributed by atoms with Gasteiger partial charge in [-0.25, -0.2) is 13.5 Å². The second-order valence-electron chi connectivity index (χ2n) is 3.07. The van der Waals surface area contributed by atoms with Crippen LogP contribution in [0.25, 0.3) is 0 Å². The zero-order valence-corrected chi connectivity index (χ0v) is 9.31. The molecule has 0 spiro atoms. The average Bonchev–Trinajstić information content (AvgIpc) is 2.54. The molecule has 0 atom stereocenters. The van der Waals surface area contributed by atoms with E-state index in [9.17, 15) is 8.78 Å². The van der Waals surface area contributed by atoms with Gasteiger partial charge in [0.15, 0.2) is 5.82 Å². The lowest BCUT2D eigenvalue weighted by atomic mass is 10.2. The fourth-order valence-electron chi connectivity index (χ4n) is 1.05. The first-order valence-corrected chi connectivity index (χ1v) is 5.74. The molecule has 7 heteroatoms. The molecule has 0 aliphatic heterocycles. The monoisotopic (exact) mass is 236 g/mol. The summed E-state index contributed by atoms with van der Waals surface area (Å²) < 4.78 is 25.2. The van der Waals surface area contributed by atoms with Crippen molar-refractivity contribution in [3.05, 3.63) is 5.82 Å². The molecule has 15 heavy (non-hydrogen) atoms. The Balaban J connectivity index is 2.54. The van der Waals surface area contributed by atoms with Crippen LogP contribution in [0.1, 0.15) is 25.6 Å². The van der Waals surface area contributed by atoms with Gasteiger partial charge in [-0.3, -0.25) is 0 Å². The third kappa shape index (κ3) is 3.65. The number of rotatable bonds is 6. The Morgan fingerprint density at radius 2 is 2.20 bits per heavy atom. The molecule has 1 aromatic heterocycles. The van der Waals surface area contributed by atoms with Crippen LogP contribution in [0.3, 0.4) is 0 Å². The quantitative estimate of drug-likeness (QED) is 0.603. The van der Waals surface area contributed by atoms with Crippen molar-refractivity contribution in [2.24, 2.45) is 0 Å². The first-order chi connectivity index (χ1) is 7.15. The third-order valence-electron chi connectivity index (χ3n) is 1.83. The van der Waals surface area contributed by atoms with E-state index in [4.69, 9.17) is 5.84 Å². The molecule has 86 valence electrons. The maximum atomic E-state index is 11.9. The SMILES string of the molecule is CCCCc1nnc(SCC(F)F)n1N. The van der Waals surface area contributed by atoms with E-state index in [1.54, 1.807) is 0 Å². The molecular formula is C8H14F2N4S. The van der Waals surface area contributed by atoms with Crippen LogP contribution < -0.4 is 5.84 Å². The molecule has 4 nitrogen and oxygen atoms in total. The molecule has 0 fully saturated rings. The van der Waals surface area contributed by atoms with Gasteiger partial charge in [0, 0.05) is 6.42 Å². The summed E-state index contributed by atoms with van der Waals surface area (Å²) in [7, 11) is 0. The van der Waals surface area contributed by atoms with E-state index in [0.29, 0.717) is 11.0 Å². The second kappa shape index (κ2) is 5.89. The number of hydrogen-bond donors (Lipinski definition) is 1. The van der Waals surface area contributed by atoms with Crippen LogP contribution in [-0.4, -0.2) is 27.1 Å². The topological polar surface area (TPSA) is 56.7 Å². The van der Waals surface area contributed by atoms with Gasteiger partial charge in [0.05, 0.1) is 5.75 Å². The van der Waals surface area contributed by atoms with Crippen LogP contribution in [0, 0.1) is 0 Å². The van der Waals surface area contributed by atoms with Crippen molar-refractivity contribution in [1.29, 1.82) is 0 Å². The number of thioether (sulfide) groups is 1. The first-order valence-electron chi connectivity index (χ1n) is 4.75. The maximum Gasteiger partial charge on any atom is 0.248 e. The Morgan fingerprint density at radius 1 is 1.47 bits per heavy atom. The molecule has 0 unspecified atom stereocenters. The van der Waals surface area contributed by atoms with Crippen molar-refractivity contribution >= 4 is 11.8 Å². The van der Waals surface area contributed by atoms with Crippen molar-refractivity contribution in [3.8, 4) is 0 Å². The minimum Gasteiger partial charge on any atom is -0.336 e. The van der Waals surface area contributed by atoms with Gasteiger partial charge in [-0.1, -0.05) is 25.1 Å². The van der Waals surface area contributed by atoms with E-state index in [1.165, 1.54) is 4.68 Å². The van der Waals surface area contributed by atoms with Gasteiger partial charge in [0.25, 0.3) is 0 Å². The van der Waals surface area contributed by atoms with Gasteiger partial charge in [-0.15, -0.1) is 10.2 Å². The molecular weight excluding hydrogens is 222 g/mol. The van der Waals surface area contributed by atoms with Crippen molar-refractivity contribution in [1.82, 2.24) is 14.9 Å². The van der Waals surface area contributed by atoms with E-state index in [-0.39, 0.29) is 5.75 Å². The van der Waals surface area contributed by atoms with E-state index in [1.807, 2.05) is 0 Å². The Hall–Kier alpha value is -0.850. The van der Waals surface area contributed by atoms with Crippen molar-refractivity contribution in [2.45, 2.75) is 37.8 Å². The van der Waals surface area contributed by atoms with Gasteiger partial charge in [-0.05, 0) is 6.42 Å².